The summed E-state index contributed by atoms with van der Waals surface area (Å²) in [6, 6.07) is 60.6. The first-order valence-corrected chi connectivity index (χ1v) is 25.9. The Morgan fingerprint density at radius 3 is 1.51 bits per heavy atom. The van der Waals surface area contributed by atoms with E-state index in [0.717, 1.165) is 50.1 Å². The van der Waals surface area contributed by atoms with Gasteiger partial charge in [0.1, 0.15) is 58.6 Å². The number of hydrogen-bond acceptors (Lipinski definition) is 13. The van der Waals surface area contributed by atoms with Crippen LogP contribution >= 0.6 is 23.5 Å². The van der Waals surface area contributed by atoms with E-state index >= 15 is 0 Å². The summed E-state index contributed by atoms with van der Waals surface area (Å²) in [5.74, 6) is 0.906. The van der Waals surface area contributed by atoms with E-state index < -0.39 is 66.8 Å². The van der Waals surface area contributed by atoms with E-state index in [1.807, 2.05) is 146 Å². The van der Waals surface area contributed by atoms with E-state index in [1.54, 1.807) is 23.5 Å². The molecule has 70 heavy (non-hydrogen) atoms. The summed E-state index contributed by atoms with van der Waals surface area (Å²) in [6.07, 6.45) is -7.19. The maximum absolute atomic E-state index is 7.59. The molecule has 1 unspecified atom stereocenters. The smallest absolute Gasteiger partial charge is 0.187 e. The molecule has 4 heterocycles. The minimum atomic E-state index is -1.04. The lowest BCUT2D eigenvalue weighted by Gasteiger charge is -2.52. The molecule has 6 aromatic carbocycles. The molecule has 0 amide bonds. The number of aliphatic imine (C=N–C) groups is 1. The molecule has 4 aliphatic rings. The summed E-state index contributed by atoms with van der Waals surface area (Å²) in [4.78, 5) is 4.82. The molecule has 0 spiro atoms. The van der Waals surface area contributed by atoms with E-state index in [2.05, 4.69) is 36.4 Å². The summed E-state index contributed by atoms with van der Waals surface area (Å²) in [5, 5.41) is 0. The lowest BCUT2D eigenvalue weighted by Crippen LogP contribution is -2.67. The monoisotopic (exact) mass is 981 g/mol. The van der Waals surface area contributed by atoms with Gasteiger partial charge in [-0.15, -0.1) is 0 Å². The van der Waals surface area contributed by atoms with Gasteiger partial charge in [-0.05, 0) is 27.8 Å². The SMILES string of the molecule is c1ccc(COC[C@H]2OC(O[C@@H]3[C@@H](OCc4ccccc4)[C@H](SC4=NCCS4)O[C@@H]4CO[C@@H](c5ccccc5)O[C@@H]34)[C@H](OCc3ccccc3)[C@@H](OCc3ccccc3)[C@H]2OCc2ccccc2)cc1. The van der Waals surface area contributed by atoms with Crippen molar-refractivity contribution in [3.63, 3.8) is 0 Å². The van der Waals surface area contributed by atoms with Gasteiger partial charge in [-0.3, -0.25) is 4.99 Å². The molecule has 11 nitrogen and oxygen atoms in total. The van der Waals surface area contributed by atoms with Crippen LogP contribution < -0.4 is 0 Å². The second-order valence-corrected chi connectivity index (χ2v) is 20.0. The molecule has 0 radical (unpaired) electrons. The van der Waals surface area contributed by atoms with Crippen LogP contribution in [0.1, 0.15) is 39.7 Å². The molecule has 3 saturated heterocycles. The third kappa shape index (κ3) is 13.0. The van der Waals surface area contributed by atoms with Crippen molar-refractivity contribution in [1.82, 2.24) is 0 Å². The van der Waals surface area contributed by atoms with Crippen molar-refractivity contribution < 1.29 is 47.4 Å². The zero-order valence-corrected chi connectivity index (χ0v) is 40.5. The first kappa shape index (κ1) is 48.9. The molecule has 13 heteroatoms. The second kappa shape index (κ2) is 25.1. The second-order valence-electron chi connectivity index (χ2n) is 17.5. The Hall–Kier alpha value is -4.71. The predicted molar refractivity (Wildman–Crippen MR) is 271 cm³/mol. The van der Waals surface area contributed by atoms with E-state index in [0.29, 0.717) is 19.8 Å². The average molecular weight is 982 g/mol. The number of benzene rings is 6. The Labute approximate surface area is 419 Å². The largest absolute Gasteiger partial charge is 0.374 e. The Kier molecular flexibility index (Phi) is 17.5. The summed E-state index contributed by atoms with van der Waals surface area (Å²) < 4.78 is 71.0. The maximum atomic E-state index is 7.59. The van der Waals surface area contributed by atoms with Gasteiger partial charge in [0.25, 0.3) is 0 Å². The summed E-state index contributed by atoms with van der Waals surface area (Å²) in [5.41, 5.74) is 5.40. The van der Waals surface area contributed by atoms with Crippen LogP contribution in [0, 0.1) is 0 Å². The fourth-order valence-electron chi connectivity index (χ4n) is 9.02. The Bertz CT molecular complexity index is 2480. The van der Waals surface area contributed by atoms with Gasteiger partial charge in [0, 0.05) is 11.3 Å². The van der Waals surface area contributed by atoms with E-state index in [4.69, 9.17) is 52.4 Å². The fraction of sp³-hybridized carbons (Fsp3) is 0.351. The van der Waals surface area contributed by atoms with E-state index in [9.17, 15) is 0 Å². The van der Waals surface area contributed by atoms with Gasteiger partial charge in [-0.1, -0.05) is 206 Å². The number of nitrogens with zero attached hydrogens (tertiary/aromatic N) is 1. The number of rotatable bonds is 20. The van der Waals surface area contributed by atoms with Gasteiger partial charge >= 0.3 is 0 Å². The Morgan fingerprint density at radius 1 is 0.500 bits per heavy atom. The molecule has 364 valence electrons. The van der Waals surface area contributed by atoms with Gasteiger partial charge in [0.05, 0.1) is 52.8 Å². The summed E-state index contributed by atoms with van der Waals surface area (Å²) in [7, 11) is 0. The van der Waals surface area contributed by atoms with Crippen molar-refractivity contribution in [3.05, 3.63) is 215 Å². The lowest BCUT2D eigenvalue weighted by atomic mass is 9.95. The van der Waals surface area contributed by atoms with Crippen molar-refractivity contribution in [3.8, 4) is 0 Å². The van der Waals surface area contributed by atoms with Gasteiger partial charge in [0.2, 0.25) is 0 Å². The highest BCUT2D eigenvalue weighted by Gasteiger charge is 2.56. The first-order valence-electron chi connectivity index (χ1n) is 24.1. The normalized spacial score (nSPS) is 27.7. The summed E-state index contributed by atoms with van der Waals surface area (Å²) >= 11 is 3.28. The molecule has 0 N–H and O–H groups in total. The maximum Gasteiger partial charge on any atom is 0.187 e. The molecule has 3 fully saturated rings. The number of thioether (sulfide) groups is 2. The van der Waals surface area contributed by atoms with Crippen molar-refractivity contribution >= 4 is 27.9 Å². The van der Waals surface area contributed by atoms with E-state index in [-0.39, 0.29) is 26.4 Å². The molecule has 6 aromatic rings. The van der Waals surface area contributed by atoms with Crippen LogP contribution in [-0.2, 0) is 80.4 Å². The third-order valence-corrected chi connectivity index (χ3v) is 14.9. The fourth-order valence-corrected chi connectivity index (χ4v) is 11.3. The highest BCUT2D eigenvalue weighted by molar-refractivity contribution is 8.39. The molecule has 0 bridgehead atoms. The molecule has 11 atom stereocenters. The molecule has 0 aromatic heterocycles. The van der Waals surface area contributed by atoms with Crippen LogP contribution in [0.3, 0.4) is 0 Å². The standard InChI is InChI=1S/C57H59NO10S2/c1-7-19-40(20-8-1)33-59-38-46-48(60-34-41-21-9-2-10-22-41)50(61-35-42-23-11-3-12-24-42)52(62-36-43-25-13-4-14-26-43)55(65-46)68-51-49-47(39-64-54(67-49)45-29-17-6-18-30-45)66-56(70-57-58-31-32-69-57)53(51)63-37-44-27-15-5-16-28-44/h1-30,46-56H,31-39H2/t46-,47-,48+,49-,50+,51+,52-,53-,54-,55?,56+/m1/s1. The van der Waals surface area contributed by atoms with Gasteiger partial charge in [-0.25, -0.2) is 0 Å². The Balaban J connectivity index is 1.04. The highest BCUT2D eigenvalue weighted by atomic mass is 32.2. The predicted octanol–water partition coefficient (Wildman–Crippen LogP) is 10.3. The number of fused-ring (bicyclic) bond motifs is 1. The van der Waals surface area contributed by atoms with Gasteiger partial charge in [-0.2, -0.15) is 0 Å². The lowest BCUT2D eigenvalue weighted by molar-refractivity contribution is -0.378. The minimum absolute atomic E-state index is 0.175. The van der Waals surface area contributed by atoms with Gasteiger partial charge < -0.3 is 47.4 Å². The van der Waals surface area contributed by atoms with Crippen LogP contribution in [0.4, 0.5) is 0 Å². The van der Waals surface area contributed by atoms with Crippen LogP contribution in [0.2, 0.25) is 0 Å². The van der Waals surface area contributed by atoms with Crippen LogP contribution in [0.25, 0.3) is 0 Å². The van der Waals surface area contributed by atoms with Gasteiger partial charge in [0.15, 0.2) is 12.6 Å². The number of hydrogen-bond donors (Lipinski definition) is 0. The van der Waals surface area contributed by atoms with Crippen molar-refractivity contribution in [2.75, 3.05) is 25.5 Å². The molecule has 0 saturated carbocycles. The zero-order chi connectivity index (χ0) is 47.2. The topological polar surface area (TPSA) is 105 Å². The van der Waals surface area contributed by atoms with Crippen molar-refractivity contribution in [1.29, 1.82) is 0 Å². The van der Waals surface area contributed by atoms with Crippen LogP contribution in [0.5, 0.6) is 0 Å². The van der Waals surface area contributed by atoms with Crippen LogP contribution in [-0.4, -0.2) is 90.4 Å². The molecule has 4 aliphatic heterocycles. The zero-order valence-electron chi connectivity index (χ0n) is 38.9. The molecular formula is C57H59NO10S2. The quantitative estimate of drug-likeness (QED) is 0.0727. The number of ether oxygens (including phenoxy) is 10. The molecule has 10 rings (SSSR count). The first-order chi connectivity index (χ1) is 34.7. The van der Waals surface area contributed by atoms with Crippen molar-refractivity contribution in [2.24, 2.45) is 4.99 Å². The van der Waals surface area contributed by atoms with Crippen molar-refractivity contribution in [2.45, 2.75) is 99.9 Å². The molecular weight excluding hydrogens is 923 g/mol. The summed E-state index contributed by atoms with van der Waals surface area (Å²) in [6.45, 7) is 2.70. The van der Waals surface area contributed by atoms with Crippen LogP contribution in [0.15, 0.2) is 187 Å². The minimum Gasteiger partial charge on any atom is -0.374 e. The average Bonchev–Trinajstić information content (AvgIpc) is 3.94. The highest BCUT2D eigenvalue weighted by Crippen LogP contribution is 2.43. The Morgan fingerprint density at radius 2 is 0.986 bits per heavy atom. The third-order valence-electron chi connectivity index (χ3n) is 12.5. The van der Waals surface area contributed by atoms with E-state index in [1.165, 1.54) is 0 Å². The molecule has 0 aliphatic carbocycles.